The molecule has 1 unspecified atom stereocenters. The van der Waals surface area contributed by atoms with Gasteiger partial charge in [0.25, 0.3) is 0 Å². The predicted octanol–water partition coefficient (Wildman–Crippen LogP) is 2.75. The van der Waals surface area contributed by atoms with Crippen LogP contribution in [0.1, 0.15) is 18.9 Å². The lowest BCUT2D eigenvalue weighted by Gasteiger charge is -2.23. The lowest BCUT2D eigenvalue weighted by Crippen LogP contribution is -2.30. The quantitative estimate of drug-likeness (QED) is 0.563. The van der Waals surface area contributed by atoms with E-state index in [1.807, 2.05) is 32.0 Å². The second-order valence-electron chi connectivity index (χ2n) is 4.90. The van der Waals surface area contributed by atoms with E-state index in [1.165, 1.54) is 0 Å². The van der Waals surface area contributed by atoms with Gasteiger partial charge in [-0.3, -0.25) is 0 Å². The zero-order valence-electron chi connectivity index (χ0n) is 10.7. The van der Waals surface area contributed by atoms with E-state index in [-0.39, 0.29) is 12.1 Å². The number of cyclic esters (lactones) is 1. The van der Waals surface area contributed by atoms with Crippen molar-refractivity contribution in [3.63, 3.8) is 0 Å². The molecule has 0 saturated carbocycles. The van der Waals surface area contributed by atoms with Crippen molar-refractivity contribution < 1.29 is 9.53 Å². The van der Waals surface area contributed by atoms with Gasteiger partial charge in [0.1, 0.15) is 16.7 Å². The summed E-state index contributed by atoms with van der Waals surface area (Å²) in [5, 5.41) is 6.43. The van der Waals surface area contributed by atoms with Crippen LogP contribution in [-0.2, 0) is 9.53 Å². The number of carbonyl (C=O) groups excluding carboxylic acids is 1. The van der Waals surface area contributed by atoms with Gasteiger partial charge in [-0.2, -0.15) is 0 Å². The molecule has 0 aromatic heterocycles. The van der Waals surface area contributed by atoms with Gasteiger partial charge in [0.15, 0.2) is 0 Å². The van der Waals surface area contributed by atoms with Crippen molar-refractivity contribution in [2.75, 3.05) is 10.6 Å². The van der Waals surface area contributed by atoms with Gasteiger partial charge in [-0.25, -0.2) is 4.79 Å². The minimum absolute atomic E-state index is 0.132. The van der Waals surface area contributed by atoms with Gasteiger partial charge in [-0.1, -0.05) is 18.3 Å². The number of fused-ring (bicyclic) bond motifs is 1. The smallest absolute Gasteiger partial charge is 0.343 e. The van der Waals surface area contributed by atoms with Gasteiger partial charge in [0, 0.05) is 12.1 Å². The Bertz CT molecular complexity index is 622. The third kappa shape index (κ3) is 2.10. The second-order valence-corrected chi connectivity index (χ2v) is 5.31. The number of aryl methyl sites for hydroxylation is 1. The fraction of sp³-hybridized carbons (Fsp3) is 0.286. The molecule has 3 rings (SSSR count). The number of thiocarbonyl (C=S) groups is 1. The maximum atomic E-state index is 12.0. The number of hydrogen-bond donors (Lipinski definition) is 2. The van der Waals surface area contributed by atoms with E-state index in [1.54, 1.807) is 0 Å². The molecule has 0 bridgehead atoms. The van der Waals surface area contributed by atoms with E-state index in [4.69, 9.17) is 17.0 Å². The van der Waals surface area contributed by atoms with Gasteiger partial charge in [0.2, 0.25) is 0 Å². The first-order chi connectivity index (χ1) is 9.04. The van der Waals surface area contributed by atoms with E-state index >= 15 is 0 Å². The van der Waals surface area contributed by atoms with Crippen LogP contribution in [-0.4, -0.2) is 17.1 Å². The van der Waals surface area contributed by atoms with Crippen molar-refractivity contribution in [1.29, 1.82) is 0 Å². The highest BCUT2D eigenvalue weighted by molar-refractivity contribution is 7.81. The first-order valence-electron chi connectivity index (χ1n) is 6.18. The summed E-state index contributed by atoms with van der Waals surface area (Å²) in [6.07, 6.45) is 0.518. The molecule has 0 aliphatic carbocycles. The average molecular weight is 274 g/mol. The maximum Gasteiger partial charge on any atom is 0.343 e. The molecule has 1 atom stereocenters. The first kappa shape index (κ1) is 12.2. The summed E-state index contributed by atoms with van der Waals surface area (Å²) in [5.74, 6) is -0.358. The van der Waals surface area contributed by atoms with Crippen LogP contribution in [0.3, 0.4) is 0 Å². The Morgan fingerprint density at radius 1 is 1.32 bits per heavy atom. The number of carbonyl (C=O) groups is 1. The van der Waals surface area contributed by atoms with Crippen LogP contribution >= 0.6 is 12.2 Å². The van der Waals surface area contributed by atoms with Gasteiger partial charge >= 0.3 is 5.97 Å². The largest absolute Gasteiger partial charge is 0.459 e. The molecule has 0 spiro atoms. The molecule has 2 N–H and O–H groups in total. The Kier molecular flexibility index (Phi) is 2.78. The molecular formula is C14H14N2O2S. The molecule has 2 aliphatic heterocycles. The van der Waals surface area contributed by atoms with Crippen molar-refractivity contribution in [2.45, 2.75) is 26.4 Å². The normalized spacial score (nSPS) is 21.7. The number of rotatable bonds is 0. The summed E-state index contributed by atoms with van der Waals surface area (Å²) in [4.78, 5) is 12.4. The summed E-state index contributed by atoms with van der Waals surface area (Å²) in [6.45, 7) is 3.90. The molecule has 5 heteroatoms. The molecule has 0 radical (unpaired) electrons. The van der Waals surface area contributed by atoms with E-state index in [0.29, 0.717) is 17.0 Å². The predicted molar refractivity (Wildman–Crippen MR) is 78.2 cm³/mol. The first-order valence-corrected chi connectivity index (χ1v) is 6.58. The third-order valence-corrected chi connectivity index (χ3v) is 3.55. The van der Waals surface area contributed by atoms with Crippen LogP contribution in [0.5, 0.6) is 0 Å². The molecule has 2 aliphatic rings. The lowest BCUT2D eigenvalue weighted by atomic mass is 10.1. The molecule has 2 heterocycles. The van der Waals surface area contributed by atoms with Crippen molar-refractivity contribution in [2.24, 2.45) is 0 Å². The number of esters is 1. The summed E-state index contributed by atoms with van der Waals surface area (Å²) >= 11 is 5.31. The monoisotopic (exact) mass is 274 g/mol. The van der Waals surface area contributed by atoms with E-state index in [2.05, 4.69) is 10.6 Å². The Labute approximate surface area is 116 Å². The number of nitrogens with one attached hydrogen (secondary N) is 2. The fourth-order valence-electron chi connectivity index (χ4n) is 2.36. The number of benzene rings is 1. The highest BCUT2D eigenvalue weighted by atomic mass is 32.1. The van der Waals surface area contributed by atoms with Crippen molar-refractivity contribution in [3.05, 3.63) is 35.0 Å². The molecule has 98 valence electrons. The topological polar surface area (TPSA) is 50.4 Å². The van der Waals surface area contributed by atoms with E-state index in [9.17, 15) is 4.79 Å². The molecule has 1 aromatic rings. The standard InChI is InChI=1S/C14H14N2O2S/c1-7-3-4-9-10(5-7)15-11-6-8(2)18-14(17)12(11)13(19)16-9/h3-5,8,15H,6H2,1-2H3,(H,16,19). The van der Waals surface area contributed by atoms with Crippen molar-refractivity contribution >= 4 is 34.6 Å². The third-order valence-electron chi connectivity index (χ3n) is 3.24. The van der Waals surface area contributed by atoms with Crippen LogP contribution < -0.4 is 10.6 Å². The summed E-state index contributed by atoms with van der Waals surface area (Å²) in [7, 11) is 0. The van der Waals surface area contributed by atoms with Crippen molar-refractivity contribution in [1.82, 2.24) is 0 Å². The van der Waals surface area contributed by atoms with Crippen LogP contribution in [0.2, 0.25) is 0 Å². The van der Waals surface area contributed by atoms with E-state index in [0.717, 1.165) is 22.6 Å². The second kappa shape index (κ2) is 4.35. The summed E-state index contributed by atoms with van der Waals surface area (Å²) in [6, 6.07) is 5.99. The van der Waals surface area contributed by atoms with Gasteiger partial charge < -0.3 is 15.4 Å². The molecule has 0 amide bonds. The van der Waals surface area contributed by atoms with Gasteiger partial charge in [-0.15, -0.1) is 0 Å². The van der Waals surface area contributed by atoms with E-state index < -0.39 is 0 Å². The lowest BCUT2D eigenvalue weighted by molar-refractivity contribution is -0.144. The van der Waals surface area contributed by atoms with Crippen LogP contribution in [0.15, 0.2) is 29.5 Å². The fourth-order valence-corrected chi connectivity index (χ4v) is 2.67. The highest BCUT2D eigenvalue weighted by Crippen LogP contribution is 2.33. The molecule has 4 nitrogen and oxygen atoms in total. The number of anilines is 2. The molecule has 0 saturated heterocycles. The molecule has 1 aromatic carbocycles. The average Bonchev–Trinajstić information content (AvgIpc) is 2.44. The number of ether oxygens (including phenoxy) is 1. The minimum Gasteiger partial charge on any atom is -0.459 e. The molecule has 0 fully saturated rings. The Morgan fingerprint density at radius 3 is 2.89 bits per heavy atom. The van der Waals surface area contributed by atoms with Crippen molar-refractivity contribution in [3.8, 4) is 0 Å². The van der Waals surface area contributed by atoms with Gasteiger partial charge in [-0.05, 0) is 31.5 Å². The number of hydrogen-bond acceptors (Lipinski definition) is 4. The highest BCUT2D eigenvalue weighted by Gasteiger charge is 2.31. The van der Waals surface area contributed by atoms with Crippen LogP contribution in [0.25, 0.3) is 0 Å². The zero-order chi connectivity index (χ0) is 13.6. The molecular weight excluding hydrogens is 260 g/mol. The summed E-state index contributed by atoms with van der Waals surface area (Å²) < 4.78 is 5.24. The zero-order valence-corrected chi connectivity index (χ0v) is 11.6. The SMILES string of the molecule is Cc1ccc2c(c1)NC1=C(C(=O)OC(C)C1)C(=S)N2. The Hall–Kier alpha value is -1.88. The summed E-state index contributed by atoms with van der Waals surface area (Å²) in [5.41, 5.74) is 4.25. The van der Waals surface area contributed by atoms with Crippen LogP contribution in [0, 0.1) is 6.92 Å². The minimum atomic E-state index is -0.358. The maximum absolute atomic E-state index is 12.0. The Balaban J connectivity index is 2.10. The van der Waals surface area contributed by atoms with Gasteiger partial charge in [0.05, 0.1) is 11.4 Å². The molecule has 19 heavy (non-hydrogen) atoms. The van der Waals surface area contributed by atoms with Crippen LogP contribution in [0.4, 0.5) is 11.4 Å². The Morgan fingerprint density at radius 2 is 2.11 bits per heavy atom.